The van der Waals surface area contributed by atoms with Crippen LogP contribution in [-0.2, 0) is 0 Å². The lowest BCUT2D eigenvalue weighted by molar-refractivity contribution is 0.0901. The molecule has 0 spiro atoms. The number of rotatable bonds is 4. The Morgan fingerprint density at radius 1 is 1.22 bits per heavy atom. The van der Waals surface area contributed by atoms with Crippen molar-refractivity contribution in [3.8, 4) is 11.1 Å². The van der Waals surface area contributed by atoms with Crippen LogP contribution >= 0.6 is 0 Å². The Morgan fingerprint density at radius 3 is 2.85 bits per heavy atom. The highest BCUT2D eigenvalue weighted by Gasteiger charge is 2.22. The monoisotopic (exact) mass is 361 g/mol. The van der Waals surface area contributed by atoms with Gasteiger partial charge >= 0.3 is 0 Å². The molecule has 0 saturated carbocycles. The number of fused-ring (bicyclic) bond motifs is 1. The molecule has 1 fully saturated rings. The van der Waals surface area contributed by atoms with Gasteiger partial charge in [-0.1, -0.05) is 6.92 Å². The fraction of sp³-hybridized carbons (Fsp3) is 0.333. The van der Waals surface area contributed by atoms with Crippen LogP contribution in [0.15, 0.2) is 49.1 Å². The second kappa shape index (κ2) is 7.80. The standard InChI is InChI=1S/C21H23N5O/c1-2-26-11-3-4-16(14-26)24-21(27)20-12-17(15-5-8-22-9-6-15)18-13-23-10-7-19(18)25-20/h5-10,12-13,16H,2-4,11,14H2,1H3,(H,24,27). The Labute approximate surface area is 158 Å². The van der Waals surface area contributed by atoms with Crippen molar-refractivity contribution < 1.29 is 4.79 Å². The topological polar surface area (TPSA) is 71.0 Å². The number of likely N-dealkylation sites (N-methyl/N-ethyl adjacent to an activating group) is 1. The number of piperidine rings is 1. The molecule has 1 aliphatic rings. The van der Waals surface area contributed by atoms with Gasteiger partial charge in [-0.2, -0.15) is 0 Å². The second-order valence-electron chi connectivity index (χ2n) is 6.89. The molecular formula is C21H23N5O. The van der Waals surface area contributed by atoms with E-state index in [4.69, 9.17) is 0 Å². The van der Waals surface area contributed by atoms with Crippen molar-refractivity contribution in [2.45, 2.75) is 25.8 Å². The van der Waals surface area contributed by atoms with E-state index in [9.17, 15) is 4.79 Å². The smallest absolute Gasteiger partial charge is 0.270 e. The Hall–Kier alpha value is -2.86. The van der Waals surface area contributed by atoms with Crippen LogP contribution in [0.5, 0.6) is 0 Å². The summed E-state index contributed by atoms with van der Waals surface area (Å²) in [6.07, 6.45) is 9.11. The number of amides is 1. The molecule has 0 aliphatic carbocycles. The normalized spacial score (nSPS) is 17.7. The van der Waals surface area contributed by atoms with E-state index in [-0.39, 0.29) is 11.9 Å². The first-order valence-corrected chi connectivity index (χ1v) is 9.43. The maximum Gasteiger partial charge on any atom is 0.270 e. The molecule has 3 aromatic heterocycles. The molecule has 6 nitrogen and oxygen atoms in total. The maximum absolute atomic E-state index is 12.9. The fourth-order valence-electron chi connectivity index (χ4n) is 3.68. The summed E-state index contributed by atoms with van der Waals surface area (Å²) in [7, 11) is 0. The number of hydrogen-bond acceptors (Lipinski definition) is 5. The van der Waals surface area contributed by atoms with Crippen molar-refractivity contribution in [3.05, 3.63) is 54.7 Å². The quantitative estimate of drug-likeness (QED) is 0.774. The summed E-state index contributed by atoms with van der Waals surface area (Å²) in [5.41, 5.74) is 3.14. The Bertz CT molecular complexity index is 944. The van der Waals surface area contributed by atoms with E-state index >= 15 is 0 Å². The summed E-state index contributed by atoms with van der Waals surface area (Å²) in [5.74, 6) is -0.119. The van der Waals surface area contributed by atoms with Gasteiger partial charge in [0.1, 0.15) is 5.69 Å². The van der Waals surface area contributed by atoms with Gasteiger partial charge in [-0.05, 0) is 61.3 Å². The summed E-state index contributed by atoms with van der Waals surface area (Å²) in [4.78, 5) is 28.2. The zero-order chi connectivity index (χ0) is 18.6. The average molecular weight is 361 g/mol. The van der Waals surface area contributed by atoms with Gasteiger partial charge in [0.25, 0.3) is 5.91 Å². The van der Waals surface area contributed by atoms with Gasteiger partial charge in [-0.3, -0.25) is 14.8 Å². The van der Waals surface area contributed by atoms with Crippen LogP contribution < -0.4 is 5.32 Å². The van der Waals surface area contributed by atoms with Crippen LogP contribution in [-0.4, -0.2) is 51.4 Å². The third kappa shape index (κ3) is 3.80. The number of likely N-dealkylation sites (tertiary alicyclic amines) is 1. The first kappa shape index (κ1) is 17.5. The van der Waals surface area contributed by atoms with Gasteiger partial charge in [0, 0.05) is 42.8 Å². The number of pyridine rings is 3. The number of carbonyl (C=O) groups is 1. The number of carbonyl (C=O) groups excluding carboxylic acids is 1. The highest BCUT2D eigenvalue weighted by Crippen LogP contribution is 2.27. The molecule has 4 heterocycles. The SMILES string of the molecule is CCN1CCCC(NC(=O)c2cc(-c3ccncc3)c3cnccc3n2)C1. The van der Waals surface area contributed by atoms with E-state index in [0.29, 0.717) is 5.69 Å². The molecule has 3 aromatic rings. The molecule has 0 aromatic carbocycles. The van der Waals surface area contributed by atoms with Crippen molar-refractivity contribution in [3.63, 3.8) is 0 Å². The molecule has 27 heavy (non-hydrogen) atoms. The summed E-state index contributed by atoms with van der Waals surface area (Å²) >= 11 is 0. The molecule has 1 aliphatic heterocycles. The van der Waals surface area contributed by atoms with Gasteiger partial charge in [-0.25, -0.2) is 4.98 Å². The van der Waals surface area contributed by atoms with Gasteiger partial charge in [-0.15, -0.1) is 0 Å². The van der Waals surface area contributed by atoms with Crippen molar-refractivity contribution in [1.82, 2.24) is 25.2 Å². The number of nitrogens with zero attached hydrogens (tertiary/aromatic N) is 4. The highest BCUT2D eigenvalue weighted by atomic mass is 16.1. The molecule has 4 rings (SSSR count). The van der Waals surface area contributed by atoms with E-state index in [1.165, 1.54) is 0 Å². The van der Waals surface area contributed by atoms with Crippen LogP contribution in [0.1, 0.15) is 30.3 Å². The van der Waals surface area contributed by atoms with Gasteiger partial charge < -0.3 is 10.2 Å². The van der Waals surface area contributed by atoms with E-state index in [1.54, 1.807) is 24.8 Å². The van der Waals surface area contributed by atoms with Crippen LogP contribution in [0.25, 0.3) is 22.0 Å². The Kier molecular flexibility index (Phi) is 5.07. The van der Waals surface area contributed by atoms with Crippen molar-refractivity contribution in [1.29, 1.82) is 0 Å². The first-order valence-electron chi connectivity index (χ1n) is 9.43. The lowest BCUT2D eigenvalue weighted by Gasteiger charge is -2.32. The average Bonchev–Trinajstić information content (AvgIpc) is 2.73. The lowest BCUT2D eigenvalue weighted by atomic mass is 10.0. The zero-order valence-electron chi connectivity index (χ0n) is 15.4. The molecule has 138 valence electrons. The lowest BCUT2D eigenvalue weighted by Crippen LogP contribution is -2.47. The minimum Gasteiger partial charge on any atom is -0.347 e. The van der Waals surface area contributed by atoms with Crippen LogP contribution in [0, 0.1) is 0 Å². The predicted octanol–water partition coefficient (Wildman–Crippen LogP) is 2.91. The molecule has 1 unspecified atom stereocenters. The summed E-state index contributed by atoms with van der Waals surface area (Å²) in [6.45, 7) is 5.18. The van der Waals surface area contributed by atoms with Crippen molar-refractivity contribution >= 4 is 16.8 Å². The van der Waals surface area contributed by atoms with E-state index in [0.717, 1.165) is 54.5 Å². The van der Waals surface area contributed by atoms with E-state index in [2.05, 4.69) is 32.1 Å². The largest absolute Gasteiger partial charge is 0.347 e. The fourth-order valence-corrected chi connectivity index (χ4v) is 3.68. The molecule has 6 heteroatoms. The van der Waals surface area contributed by atoms with E-state index in [1.807, 2.05) is 24.3 Å². The second-order valence-corrected chi connectivity index (χ2v) is 6.89. The molecule has 1 amide bonds. The van der Waals surface area contributed by atoms with Gasteiger partial charge in [0.15, 0.2) is 0 Å². The predicted molar refractivity (Wildman–Crippen MR) is 105 cm³/mol. The third-order valence-corrected chi connectivity index (χ3v) is 5.12. The maximum atomic E-state index is 12.9. The molecule has 1 N–H and O–H groups in total. The summed E-state index contributed by atoms with van der Waals surface area (Å²) in [6, 6.07) is 7.74. The number of nitrogens with one attached hydrogen (secondary N) is 1. The van der Waals surface area contributed by atoms with Crippen molar-refractivity contribution in [2.24, 2.45) is 0 Å². The van der Waals surface area contributed by atoms with E-state index < -0.39 is 0 Å². The minimum absolute atomic E-state index is 0.119. The Morgan fingerprint density at radius 2 is 2.04 bits per heavy atom. The van der Waals surface area contributed by atoms with Gasteiger partial charge in [0.2, 0.25) is 0 Å². The van der Waals surface area contributed by atoms with Crippen LogP contribution in [0.2, 0.25) is 0 Å². The summed E-state index contributed by atoms with van der Waals surface area (Å²) in [5, 5.41) is 4.10. The first-order chi connectivity index (χ1) is 13.2. The molecule has 1 atom stereocenters. The minimum atomic E-state index is -0.119. The summed E-state index contributed by atoms with van der Waals surface area (Å²) < 4.78 is 0. The molecule has 1 saturated heterocycles. The van der Waals surface area contributed by atoms with Gasteiger partial charge in [0.05, 0.1) is 5.52 Å². The van der Waals surface area contributed by atoms with Crippen LogP contribution in [0.4, 0.5) is 0 Å². The zero-order valence-corrected chi connectivity index (χ0v) is 15.4. The Balaban J connectivity index is 1.67. The third-order valence-electron chi connectivity index (χ3n) is 5.12. The van der Waals surface area contributed by atoms with Crippen LogP contribution in [0.3, 0.4) is 0 Å². The number of hydrogen-bond donors (Lipinski definition) is 1. The number of aromatic nitrogens is 3. The van der Waals surface area contributed by atoms with Crippen molar-refractivity contribution in [2.75, 3.05) is 19.6 Å². The molecular weight excluding hydrogens is 338 g/mol. The molecule has 0 radical (unpaired) electrons. The molecule has 0 bridgehead atoms. The highest BCUT2D eigenvalue weighted by molar-refractivity contribution is 6.01.